The third-order valence-corrected chi connectivity index (χ3v) is 1.95. The molecule has 0 unspecified atom stereocenters. The molecule has 2 nitrogen and oxygen atoms in total. The van der Waals surface area contributed by atoms with Crippen LogP contribution in [0.15, 0.2) is 18.2 Å². The lowest BCUT2D eigenvalue weighted by molar-refractivity contribution is -0.0758. The molecule has 0 aliphatic carbocycles. The molecule has 0 aliphatic heterocycles. The van der Waals surface area contributed by atoms with E-state index in [1.54, 1.807) is 6.07 Å². The smallest absolute Gasteiger partial charge is 0.123 e. The molecule has 0 radical (unpaired) electrons. The zero-order valence-corrected chi connectivity index (χ0v) is 9.73. The number of rotatable bonds is 3. The Bertz CT molecular complexity index is 331. The first kappa shape index (κ1) is 12.1. The highest BCUT2D eigenvalue weighted by Crippen LogP contribution is 2.11. The van der Waals surface area contributed by atoms with E-state index in [0.717, 1.165) is 11.1 Å². The summed E-state index contributed by atoms with van der Waals surface area (Å²) in [7, 11) is 0. The number of halogens is 1. The van der Waals surface area contributed by atoms with Crippen LogP contribution in [-0.2, 0) is 11.4 Å². The van der Waals surface area contributed by atoms with Crippen LogP contribution < -0.4 is 5.48 Å². The van der Waals surface area contributed by atoms with Gasteiger partial charge in [0.15, 0.2) is 0 Å². The van der Waals surface area contributed by atoms with Gasteiger partial charge in [0.1, 0.15) is 5.82 Å². The molecule has 1 aromatic rings. The van der Waals surface area contributed by atoms with Crippen molar-refractivity contribution in [2.24, 2.45) is 0 Å². The highest BCUT2D eigenvalue weighted by Gasteiger charge is 2.10. The maximum atomic E-state index is 12.9. The molecule has 1 N–H and O–H groups in total. The topological polar surface area (TPSA) is 21.3 Å². The average molecular weight is 211 g/mol. The summed E-state index contributed by atoms with van der Waals surface area (Å²) in [5.41, 5.74) is 4.58. The van der Waals surface area contributed by atoms with Crippen molar-refractivity contribution in [3.8, 4) is 0 Å². The van der Waals surface area contributed by atoms with Gasteiger partial charge in [0.2, 0.25) is 0 Å². The minimum absolute atomic E-state index is 0.215. The van der Waals surface area contributed by atoms with E-state index in [4.69, 9.17) is 4.84 Å². The van der Waals surface area contributed by atoms with Crippen molar-refractivity contribution in [3.05, 3.63) is 35.1 Å². The lowest BCUT2D eigenvalue weighted by atomic mass is 10.1. The maximum Gasteiger partial charge on any atom is 0.123 e. The highest BCUT2D eigenvalue weighted by atomic mass is 19.1. The summed E-state index contributed by atoms with van der Waals surface area (Å²) < 4.78 is 12.9. The van der Waals surface area contributed by atoms with Gasteiger partial charge in [-0.3, -0.25) is 4.84 Å². The molecule has 0 amide bonds. The fraction of sp³-hybridized carbons (Fsp3) is 0.500. The number of nitrogens with one attached hydrogen (secondary N) is 1. The predicted octanol–water partition coefficient (Wildman–Crippen LogP) is 2.95. The third-order valence-electron chi connectivity index (χ3n) is 1.95. The van der Waals surface area contributed by atoms with Crippen LogP contribution >= 0.6 is 0 Å². The van der Waals surface area contributed by atoms with E-state index in [-0.39, 0.29) is 11.4 Å². The Kier molecular flexibility index (Phi) is 3.83. The standard InChI is InChI=1S/C12H18FNO/c1-9-5-6-11(13)7-10(9)8-14-15-12(2,3)4/h5-7,14H,8H2,1-4H3. The molecule has 0 fully saturated rings. The maximum absolute atomic E-state index is 12.9. The Morgan fingerprint density at radius 1 is 1.33 bits per heavy atom. The van der Waals surface area contributed by atoms with Crippen molar-refractivity contribution >= 4 is 0 Å². The van der Waals surface area contributed by atoms with Gasteiger partial charge in [-0.25, -0.2) is 4.39 Å². The second-order valence-electron chi connectivity index (χ2n) is 4.61. The fourth-order valence-corrected chi connectivity index (χ4v) is 1.16. The van der Waals surface area contributed by atoms with E-state index >= 15 is 0 Å². The van der Waals surface area contributed by atoms with Gasteiger partial charge >= 0.3 is 0 Å². The minimum Gasteiger partial charge on any atom is -0.296 e. The first-order valence-corrected chi connectivity index (χ1v) is 5.04. The molecule has 0 spiro atoms. The Labute approximate surface area is 90.4 Å². The van der Waals surface area contributed by atoms with Crippen LogP contribution in [0.2, 0.25) is 0 Å². The van der Waals surface area contributed by atoms with Crippen LogP contribution in [0.1, 0.15) is 31.9 Å². The number of aryl methyl sites for hydroxylation is 1. The normalized spacial score (nSPS) is 11.8. The molecular weight excluding hydrogens is 193 g/mol. The van der Waals surface area contributed by atoms with Crippen molar-refractivity contribution in [2.45, 2.75) is 39.8 Å². The molecule has 0 aromatic heterocycles. The molecule has 1 aromatic carbocycles. The zero-order chi connectivity index (χ0) is 11.5. The first-order valence-electron chi connectivity index (χ1n) is 5.04. The predicted molar refractivity (Wildman–Crippen MR) is 58.8 cm³/mol. The van der Waals surface area contributed by atoms with Crippen molar-refractivity contribution in [3.63, 3.8) is 0 Å². The van der Waals surface area contributed by atoms with Gasteiger partial charge in [0.25, 0.3) is 0 Å². The van der Waals surface area contributed by atoms with Crippen LogP contribution in [-0.4, -0.2) is 5.60 Å². The van der Waals surface area contributed by atoms with Gasteiger partial charge in [0, 0.05) is 6.54 Å². The van der Waals surface area contributed by atoms with Crippen molar-refractivity contribution in [2.75, 3.05) is 0 Å². The van der Waals surface area contributed by atoms with Crippen molar-refractivity contribution in [1.29, 1.82) is 0 Å². The molecule has 0 aliphatic rings. The Balaban J connectivity index is 2.54. The lowest BCUT2D eigenvalue weighted by Gasteiger charge is -2.19. The van der Waals surface area contributed by atoms with Crippen LogP contribution in [0.3, 0.4) is 0 Å². The van der Waals surface area contributed by atoms with Gasteiger partial charge in [-0.2, -0.15) is 5.48 Å². The van der Waals surface area contributed by atoms with E-state index in [2.05, 4.69) is 5.48 Å². The SMILES string of the molecule is Cc1ccc(F)cc1CNOC(C)(C)C. The summed E-state index contributed by atoms with van der Waals surface area (Å²) in [6.07, 6.45) is 0. The summed E-state index contributed by atoms with van der Waals surface area (Å²) in [4.78, 5) is 5.36. The second-order valence-corrected chi connectivity index (χ2v) is 4.61. The fourth-order valence-electron chi connectivity index (χ4n) is 1.16. The monoisotopic (exact) mass is 211 g/mol. The molecule has 1 rings (SSSR count). The Hall–Kier alpha value is -0.930. The first-order chi connectivity index (χ1) is 6.88. The third kappa shape index (κ3) is 4.40. The summed E-state index contributed by atoms with van der Waals surface area (Å²) in [6, 6.07) is 4.75. The molecule has 0 heterocycles. The summed E-state index contributed by atoms with van der Waals surface area (Å²) in [5.74, 6) is -0.215. The van der Waals surface area contributed by atoms with Gasteiger partial charge in [-0.1, -0.05) is 6.07 Å². The Morgan fingerprint density at radius 2 is 2.00 bits per heavy atom. The van der Waals surface area contributed by atoms with Gasteiger partial charge < -0.3 is 0 Å². The largest absolute Gasteiger partial charge is 0.296 e. The summed E-state index contributed by atoms with van der Waals surface area (Å²) in [6.45, 7) is 8.34. The second kappa shape index (κ2) is 4.73. The molecule has 0 saturated carbocycles. The van der Waals surface area contributed by atoms with E-state index < -0.39 is 0 Å². The number of hydroxylamine groups is 1. The molecule has 0 saturated heterocycles. The Morgan fingerprint density at radius 3 is 2.60 bits per heavy atom. The summed E-state index contributed by atoms with van der Waals surface area (Å²) >= 11 is 0. The molecule has 0 bridgehead atoms. The van der Waals surface area contributed by atoms with Crippen LogP contribution in [0.4, 0.5) is 4.39 Å². The average Bonchev–Trinajstić information content (AvgIpc) is 2.09. The van der Waals surface area contributed by atoms with Gasteiger partial charge in [-0.15, -0.1) is 0 Å². The summed E-state index contributed by atoms with van der Waals surface area (Å²) in [5, 5.41) is 0. The molecule has 3 heteroatoms. The van der Waals surface area contributed by atoms with E-state index in [1.807, 2.05) is 27.7 Å². The van der Waals surface area contributed by atoms with Crippen LogP contribution in [0.25, 0.3) is 0 Å². The number of hydrogen-bond donors (Lipinski definition) is 1. The highest BCUT2D eigenvalue weighted by molar-refractivity contribution is 5.26. The van der Waals surface area contributed by atoms with E-state index in [0.29, 0.717) is 6.54 Å². The van der Waals surface area contributed by atoms with Crippen LogP contribution in [0.5, 0.6) is 0 Å². The van der Waals surface area contributed by atoms with Crippen LogP contribution in [0, 0.1) is 12.7 Å². The molecule has 84 valence electrons. The van der Waals surface area contributed by atoms with Crippen molar-refractivity contribution < 1.29 is 9.23 Å². The van der Waals surface area contributed by atoms with E-state index in [9.17, 15) is 4.39 Å². The zero-order valence-electron chi connectivity index (χ0n) is 9.73. The number of benzene rings is 1. The number of hydrogen-bond acceptors (Lipinski definition) is 2. The van der Waals surface area contributed by atoms with Gasteiger partial charge in [-0.05, 0) is 51.0 Å². The molecular formula is C12H18FNO. The van der Waals surface area contributed by atoms with Crippen molar-refractivity contribution in [1.82, 2.24) is 5.48 Å². The van der Waals surface area contributed by atoms with Gasteiger partial charge in [0.05, 0.1) is 5.60 Å². The minimum atomic E-state index is -0.235. The quantitative estimate of drug-likeness (QED) is 0.776. The lowest BCUT2D eigenvalue weighted by Crippen LogP contribution is -2.28. The van der Waals surface area contributed by atoms with E-state index in [1.165, 1.54) is 12.1 Å². The molecule has 0 atom stereocenters. The molecule has 15 heavy (non-hydrogen) atoms.